The van der Waals surface area contributed by atoms with E-state index >= 15 is 0 Å². The van der Waals surface area contributed by atoms with Crippen LogP contribution >= 0.6 is 11.6 Å². The summed E-state index contributed by atoms with van der Waals surface area (Å²) in [5.74, 6) is -2.03. The summed E-state index contributed by atoms with van der Waals surface area (Å²) < 4.78 is 20.9. The molecule has 0 aromatic heterocycles. The van der Waals surface area contributed by atoms with Crippen molar-refractivity contribution in [3.8, 4) is 5.75 Å². The first kappa shape index (κ1) is 28.3. The molecule has 0 spiro atoms. The third-order valence-corrected chi connectivity index (χ3v) is 5.71. The Hall–Kier alpha value is -3.28. The number of benzene rings is 2. The maximum atomic E-state index is 12.8. The van der Waals surface area contributed by atoms with Crippen molar-refractivity contribution in [1.82, 2.24) is 0 Å². The summed E-state index contributed by atoms with van der Waals surface area (Å²) in [6.45, 7) is 5.99. The number of rotatable bonds is 9. The number of hydrogen-bond acceptors (Lipinski definition) is 10. The smallest absolute Gasteiger partial charge is 0.352 e. The zero-order valence-corrected chi connectivity index (χ0v) is 20.8. The van der Waals surface area contributed by atoms with Crippen LogP contribution in [0.4, 0.5) is 0 Å². The number of halogens is 1. The minimum atomic E-state index is -1.86. The highest BCUT2D eigenvalue weighted by Gasteiger charge is 2.50. The predicted molar refractivity (Wildman–Crippen MR) is 130 cm³/mol. The topological polar surface area (TPSA) is 149 Å². The second-order valence-electron chi connectivity index (χ2n) is 8.69. The molecular formula is C26H27ClO10. The van der Waals surface area contributed by atoms with E-state index in [1.165, 1.54) is 44.2 Å². The fraction of sp³-hybridized carbons (Fsp3) is 0.346. The third kappa shape index (κ3) is 6.73. The number of ketones is 1. The van der Waals surface area contributed by atoms with E-state index in [1.54, 1.807) is 24.3 Å². The van der Waals surface area contributed by atoms with E-state index in [9.17, 15) is 29.7 Å². The summed E-state index contributed by atoms with van der Waals surface area (Å²) in [7, 11) is 0. The summed E-state index contributed by atoms with van der Waals surface area (Å²) in [5, 5.41) is 30.9. The molecule has 0 radical (unpaired) electrons. The zero-order chi connectivity index (χ0) is 27.3. The first-order chi connectivity index (χ1) is 17.4. The largest absolute Gasteiger partial charge is 0.476 e. The van der Waals surface area contributed by atoms with Gasteiger partial charge in [-0.1, -0.05) is 24.3 Å². The molecule has 0 bridgehead atoms. The second kappa shape index (κ2) is 11.8. The Labute approximate surface area is 218 Å². The fourth-order valence-corrected chi connectivity index (χ4v) is 3.52. The Kier molecular flexibility index (Phi) is 9.06. The minimum absolute atomic E-state index is 0.181. The molecule has 3 N–H and O–H groups in total. The van der Waals surface area contributed by atoms with Crippen LogP contribution < -0.4 is 4.74 Å². The lowest BCUT2D eigenvalue weighted by atomic mass is 9.99. The van der Waals surface area contributed by atoms with Crippen LogP contribution in [0.2, 0.25) is 5.02 Å². The van der Waals surface area contributed by atoms with E-state index < -0.39 is 48.2 Å². The SMILES string of the molecule is C=CCOC(=O)C1OC(OC(=O)C(C)(C)Oc2ccc(C(=O)c3ccc(Cl)cc3)cc2)C(O)C(O)C1O. The van der Waals surface area contributed by atoms with Gasteiger partial charge in [-0.3, -0.25) is 4.79 Å². The first-order valence-corrected chi connectivity index (χ1v) is 11.6. The van der Waals surface area contributed by atoms with Gasteiger partial charge in [0.1, 0.15) is 30.7 Å². The highest BCUT2D eigenvalue weighted by atomic mass is 35.5. The van der Waals surface area contributed by atoms with Crippen molar-refractivity contribution in [1.29, 1.82) is 0 Å². The number of aliphatic hydroxyl groups excluding tert-OH is 3. The van der Waals surface area contributed by atoms with Gasteiger partial charge in [0.2, 0.25) is 6.29 Å². The minimum Gasteiger partial charge on any atom is -0.476 e. The predicted octanol–water partition coefficient (Wildman–Crippen LogP) is 1.81. The summed E-state index contributed by atoms with van der Waals surface area (Å²) in [6, 6.07) is 12.5. The molecule has 11 heteroatoms. The summed E-state index contributed by atoms with van der Waals surface area (Å²) in [5.41, 5.74) is -0.785. The van der Waals surface area contributed by atoms with Crippen LogP contribution in [0.1, 0.15) is 29.8 Å². The van der Waals surface area contributed by atoms with Crippen molar-refractivity contribution >= 4 is 29.3 Å². The molecule has 1 heterocycles. The lowest BCUT2D eigenvalue weighted by Crippen LogP contribution is -2.61. The number of aliphatic hydroxyl groups is 3. The highest BCUT2D eigenvalue weighted by Crippen LogP contribution is 2.27. The molecule has 0 saturated carbocycles. The number of hydrogen-bond donors (Lipinski definition) is 3. The van der Waals surface area contributed by atoms with Crippen LogP contribution in [0.25, 0.3) is 0 Å². The van der Waals surface area contributed by atoms with Crippen LogP contribution in [-0.2, 0) is 23.8 Å². The molecule has 1 fully saturated rings. The standard InChI is InChI=1S/C26H27ClO10/c1-4-13-34-23(32)22-20(30)19(29)21(31)24(35-22)36-25(33)26(2,3)37-17-11-7-15(8-12-17)18(28)14-5-9-16(27)10-6-14/h4-12,19-22,24,29-31H,1,13H2,2-3H3. The van der Waals surface area contributed by atoms with E-state index in [-0.39, 0.29) is 18.1 Å². The average molecular weight is 535 g/mol. The van der Waals surface area contributed by atoms with Gasteiger partial charge in [0, 0.05) is 16.1 Å². The third-order valence-electron chi connectivity index (χ3n) is 5.46. The Morgan fingerprint density at radius 2 is 1.54 bits per heavy atom. The molecule has 0 amide bonds. The lowest BCUT2D eigenvalue weighted by Gasteiger charge is -2.39. The molecule has 5 unspecified atom stereocenters. The van der Waals surface area contributed by atoms with Crippen LogP contribution in [-0.4, -0.2) is 76.0 Å². The fourth-order valence-electron chi connectivity index (χ4n) is 3.39. The summed E-state index contributed by atoms with van der Waals surface area (Å²) in [6.07, 6.45) is -7.75. The molecule has 1 aliphatic rings. The van der Waals surface area contributed by atoms with E-state index in [1.807, 2.05) is 0 Å². The van der Waals surface area contributed by atoms with Gasteiger partial charge < -0.3 is 34.3 Å². The molecule has 0 aliphatic carbocycles. The van der Waals surface area contributed by atoms with E-state index in [4.69, 9.17) is 30.5 Å². The van der Waals surface area contributed by atoms with Crippen molar-refractivity contribution in [2.24, 2.45) is 0 Å². The van der Waals surface area contributed by atoms with Crippen molar-refractivity contribution in [2.45, 2.75) is 50.2 Å². The molecule has 1 saturated heterocycles. The number of carbonyl (C=O) groups excluding carboxylic acids is 3. The van der Waals surface area contributed by atoms with E-state index in [0.29, 0.717) is 16.1 Å². The van der Waals surface area contributed by atoms with Gasteiger partial charge in [-0.25, -0.2) is 9.59 Å². The van der Waals surface area contributed by atoms with Crippen molar-refractivity contribution in [3.05, 3.63) is 77.3 Å². The van der Waals surface area contributed by atoms with Gasteiger partial charge in [-0.05, 0) is 62.4 Å². The van der Waals surface area contributed by atoms with Crippen LogP contribution in [0, 0.1) is 0 Å². The van der Waals surface area contributed by atoms with Gasteiger partial charge in [-0.15, -0.1) is 0 Å². The van der Waals surface area contributed by atoms with E-state index in [0.717, 1.165) is 0 Å². The Morgan fingerprint density at radius 3 is 2.11 bits per heavy atom. The monoisotopic (exact) mass is 534 g/mol. The van der Waals surface area contributed by atoms with Gasteiger partial charge >= 0.3 is 11.9 Å². The summed E-state index contributed by atoms with van der Waals surface area (Å²) in [4.78, 5) is 37.6. The molecule has 10 nitrogen and oxygen atoms in total. The first-order valence-electron chi connectivity index (χ1n) is 11.2. The molecule has 37 heavy (non-hydrogen) atoms. The zero-order valence-electron chi connectivity index (χ0n) is 20.1. The van der Waals surface area contributed by atoms with Gasteiger partial charge in [0.25, 0.3) is 0 Å². The Bertz CT molecular complexity index is 1130. The van der Waals surface area contributed by atoms with Crippen molar-refractivity contribution < 1.29 is 48.7 Å². The second-order valence-corrected chi connectivity index (χ2v) is 9.13. The molecule has 2 aromatic carbocycles. The molecular weight excluding hydrogens is 508 g/mol. The van der Waals surface area contributed by atoms with Crippen molar-refractivity contribution in [2.75, 3.05) is 6.61 Å². The molecule has 5 atom stereocenters. The lowest BCUT2D eigenvalue weighted by molar-refractivity contribution is -0.290. The average Bonchev–Trinajstić information content (AvgIpc) is 2.87. The van der Waals surface area contributed by atoms with Gasteiger partial charge in [0.05, 0.1) is 0 Å². The number of ether oxygens (including phenoxy) is 4. The maximum Gasteiger partial charge on any atom is 0.352 e. The number of esters is 2. The van der Waals surface area contributed by atoms with Crippen LogP contribution in [0.15, 0.2) is 61.2 Å². The van der Waals surface area contributed by atoms with Crippen LogP contribution in [0.5, 0.6) is 5.75 Å². The Morgan fingerprint density at radius 1 is 0.973 bits per heavy atom. The van der Waals surface area contributed by atoms with Crippen LogP contribution in [0.3, 0.4) is 0 Å². The normalized spacial score (nSPS) is 23.6. The maximum absolute atomic E-state index is 12.8. The molecule has 2 aromatic rings. The summed E-state index contributed by atoms with van der Waals surface area (Å²) >= 11 is 5.86. The number of carbonyl (C=O) groups is 3. The van der Waals surface area contributed by atoms with Crippen molar-refractivity contribution in [3.63, 3.8) is 0 Å². The molecule has 1 aliphatic heterocycles. The highest BCUT2D eigenvalue weighted by molar-refractivity contribution is 6.30. The van der Waals surface area contributed by atoms with E-state index in [2.05, 4.69) is 6.58 Å². The quantitative estimate of drug-likeness (QED) is 0.247. The molecule has 3 rings (SSSR count). The Balaban J connectivity index is 1.66. The van der Waals surface area contributed by atoms with Gasteiger partial charge in [-0.2, -0.15) is 0 Å². The van der Waals surface area contributed by atoms with Gasteiger partial charge in [0.15, 0.2) is 17.5 Å². The molecule has 198 valence electrons.